The second-order valence-electron chi connectivity index (χ2n) is 8.55. The number of amides is 1. The zero-order chi connectivity index (χ0) is 21.5. The van der Waals surface area contributed by atoms with E-state index in [1.165, 1.54) is 5.56 Å². The molecule has 1 N–H and O–H groups in total. The molecule has 1 aromatic heterocycles. The van der Waals surface area contributed by atoms with Crippen LogP contribution >= 0.6 is 0 Å². The van der Waals surface area contributed by atoms with E-state index in [-0.39, 0.29) is 17.6 Å². The Hall–Kier alpha value is -2.57. The molecule has 0 bridgehead atoms. The van der Waals surface area contributed by atoms with Gasteiger partial charge in [0.05, 0.1) is 7.11 Å². The lowest BCUT2D eigenvalue weighted by atomic mass is 10.1. The number of nitrogens with one attached hydrogen (secondary N) is 1. The Morgan fingerprint density at radius 1 is 1.27 bits per heavy atom. The molecule has 164 valence electrons. The van der Waals surface area contributed by atoms with Gasteiger partial charge in [-0.2, -0.15) is 5.10 Å². The van der Waals surface area contributed by atoms with Crippen molar-refractivity contribution in [3.05, 3.63) is 46.1 Å². The van der Waals surface area contributed by atoms with E-state index in [4.69, 9.17) is 4.74 Å². The molecule has 0 spiro atoms. The van der Waals surface area contributed by atoms with Gasteiger partial charge in [-0.25, -0.2) is 9.48 Å². The third-order valence-corrected chi connectivity index (χ3v) is 5.73. The first-order valence-electron chi connectivity index (χ1n) is 11.0. The molecule has 1 aliphatic heterocycles. The quantitative estimate of drug-likeness (QED) is 0.684. The standard InChI is InChI=1S/C23H34N4O3/c1-17(2)13-16-27-23(29)26-15-14-19(9-12-21(26)25-27)24-22(28)6-4-5-18-7-10-20(30-3)11-8-18/h7-8,10-11,17,19H,4-6,9,12-16H2,1-3H3,(H,24,28). The summed E-state index contributed by atoms with van der Waals surface area (Å²) in [6.07, 6.45) is 5.46. The first-order valence-corrected chi connectivity index (χ1v) is 11.0. The predicted octanol–water partition coefficient (Wildman–Crippen LogP) is 2.94. The van der Waals surface area contributed by atoms with E-state index in [2.05, 4.69) is 24.3 Å². The summed E-state index contributed by atoms with van der Waals surface area (Å²) in [4.78, 5) is 25.0. The lowest BCUT2D eigenvalue weighted by Gasteiger charge is -2.16. The smallest absolute Gasteiger partial charge is 0.345 e. The number of carbonyl (C=O) groups is 1. The van der Waals surface area contributed by atoms with Crippen molar-refractivity contribution < 1.29 is 9.53 Å². The largest absolute Gasteiger partial charge is 0.497 e. The van der Waals surface area contributed by atoms with E-state index >= 15 is 0 Å². The zero-order valence-corrected chi connectivity index (χ0v) is 18.4. The number of benzene rings is 1. The lowest BCUT2D eigenvalue weighted by Crippen LogP contribution is -2.35. The van der Waals surface area contributed by atoms with Crippen LogP contribution in [0.1, 0.15) is 57.3 Å². The van der Waals surface area contributed by atoms with Crippen molar-refractivity contribution in [2.75, 3.05) is 7.11 Å². The minimum Gasteiger partial charge on any atom is -0.497 e. The van der Waals surface area contributed by atoms with E-state index in [0.29, 0.717) is 25.4 Å². The fraction of sp³-hybridized carbons (Fsp3) is 0.609. The highest BCUT2D eigenvalue weighted by Gasteiger charge is 2.22. The molecule has 3 rings (SSSR count). The third kappa shape index (κ3) is 5.97. The number of aromatic nitrogens is 3. The van der Waals surface area contributed by atoms with Crippen LogP contribution in [0.25, 0.3) is 0 Å². The summed E-state index contributed by atoms with van der Waals surface area (Å²) in [6.45, 7) is 5.59. The van der Waals surface area contributed by atoms with E-state index in [9.17, 15) is 9.59 Å². The summed E-state index contributed by atoms with van der Waals surface area (Å²) < 4.78 is 8.56. The van der Waals surface area contributed by atoms with Crippen molar-refractivity contribution in [3.63, 3.8) is 0 Å². The summed E-state index contributed by atoms with van der Waals surface area (Å²) in [5.41, 5.74) is 1.19. The van der Waals surface area contributed by atoms with Crippen molar-refractivity contribution in [1.82, 2.24) is 19.7 Å². The highest BCUT2D eigenvalue weighted by atomic mass is 16.5. The highest BCUT2D eigenvalue weighted by molar-refractivity contribution is 5.76. The average molecular weight is 415 g/mol. The van der Waals surface area contributed by atoms with Gasteiger partial charge in [0.1, 0.15) is 11.6 Å². The number of rotatable bonds is 9. The summed E-state index contributed by atoms with van der Waals surface area (Å²) in [6, 6.07) is 8.07. The molecule has 0 aliphatic carbocycles. The minimum absolute atomic E-state index is 0.0166. The molecule has 0 fully saturated rings. The van der Waals surface area contributed by atoms with E-state index < -0.39 is 0 Å². The third-order valence-electron chi connectivity index (χ3n) is 5.73. The Bertz CT molecular complexity index is 883. The maximum Gasteiger partial charge on any atom is 0.345 e. The van der Waals surface area contributed by atoms with Crippen LogP contribution in [0.4, 0.5) is 0 Å². The van der Waals surface area contributed by atoms with Crippen LogP contribution < -0.4 is 15.7 Å². The van der Waals surface area contributed by atoms with Crippen LogP contribution in [0.15, 0.2) is 29.1 Å². The lowest BCUT2D eigenvalue weighted by molar-refractivity contribution is -0.122. The van der Waals surface area contributed by atoms with Gasteiger partial charge in [0.2, 0.25) is 5.91 Å². The van der Waals surface area contributed by atoms with Gasteiger partial charge in [-0.15, -0.1) is 0 Å². The summed E-state index contributed by atoms with van der Waals surface area (Å²) in [5, 5.41) is 7.69. The maximum atomic E-state index is 12.6. The number of ether oxygens (including phenoxy) is 1. The van der Waals surface area contributed by atoms with Crippen molar-refractivity contribution in [2.24, 2.45) is 5.92 Å². The van der Waals surface area contributed by atoms with Gasteiger partial charge in [0.15, 0.2) is 0 Å². The Morgan fingerprint density at radius 2 is 2.03 bits per heavy atom. The molecule has 1 unspecified atom stereocenters. The van der Waals surface area contributed by atoms with Gasteiger partial charge in [-0.1, -0.05) is 26.0 Å². The van der Waals surface area contributed by atoms with Crippen LogP contribution in [-0.2, 0) is 30.7 Å². The second-order valence-corrected chi connectivity index (χ2v) is 8.55. The van der Waals surface area contributed by atoms with Crippen molar-refractivity contribution in [1.29, 1.82) is 0 Å². The van der Waals surface area contributed by atoms with Crippen LogP contribution in [0, 0.1) is 5.92 Å². The molecular formula is C23H34N4O3. The molecule has 7 heteroatoms. The molecule has 2 heterocycles. The number of carbonyl (C=O) groups excluding carboxylic acids is 1. The average Bonchev–Trinajstić information content (AvgIpc) is 2.89. The highest BCUT2D eigenvalue weighted by Crippen LogP contribution is 2.15. The molecule has 1 aromatic carbocycles. The molecule has 0 saturated carbocycles. The molecule has 1 amide bonds. The van der Waals surface area contributed by atoms with Crippen molar-refractivity contribution in [3.8, 4) is 5.75 Å². The minimum atomic E-state index is -0.0166. The fourth-order valence-electron chi connectivity index (χ4n) is 3.84. The molecule has 0 radical (unpaired) electrons. The summed E-state index contributed by atoms with van der Waals surface area (Å²) in [7, 11) is 1.66. The number of fused-ring (bicyclic) bond motifs is 1. The maximum absolute atomic E-state index is 12.6. The number of hydrogen-bond acceptors (Lipinski definition) is 4. The van der Waals surface area contributed by atoms with Crippen LogP contribution in [0.3, 0.4) is 0 Å². The van der Waals surface area contributed by atoms with Gasteiger partial charge in [-0.3, -0.25) is 9.36 Å². The molecule has 1 aliphatic rings. The fourth-order valence-corrected chi connectivity index (χ4v) is 3.84. The summed E-state index contributed by atoms with van der Waals surface area (Å²) in [5.74, 6) is 2.32. The Balaban J connectivity index is 1.44. The first-order chi connectivity index (χ1) is 14.5. The van der Waals surface area contributed by atoms with Crippen LogP contribution in [0.2, 0.25) is 0 Å². The predicted molar refractivity (Wildman–Crippen MR) is 117 cm³/mol. The van der Waals surface area contributed by atoms with E-state index in [1.807, 2.05) is 24.3 Å². The summed E-state index contributed by atoms with van der Waals surface area (Å²) >= 11 is 0. The molecule has 0 saturated heterocycles. The van der Waals surface area contributed by atoms with Gasteiger partial charge >= 0.3 is 5.69 Å². The van der Waals surface area contributed by atoms with Gasteiger partial charge in [-0.05, 0) is 55.7 Å². The van der Waals surface area contributed by atoms with Gasteiger partial charge in [0, 0.05) is 32.0 Å². The second kappa shape index (κ2) is 10.5. The normalized spacial score (nSPS) is 16.2. The Labute approximate surface area is 178 Å². The molecular weight excluding hydrogens is 380 g/mol. The van der Waals surface area contributed by atoms with Crippen molar-refractivity contribution >= 4 is 5.91 Å². The van der Waals surface area contributed by atoms with E-state index in [1.54, 1.807) is 16.4 Å². The van der Waals surface area contributed by atoms with E-state index in [0.717, 1.165) is 50.1 Å². The Kier molecular flexibility index (Phi) is 7.71. The first kappa shape index (κ1) is 22.1. The monoisotopic (exact) mass is 414 g/mol. The Morgan fingerprint density at radius 3 is 2.73 bits per heavy atom. The van der Waals surface area contributed by atoms with Crippen LogP contribution in [0.5, 0.6) is 5.75 Å². The number of nitrogens with zero attached hydrogens (tertiary/aromatic N) is 3. The van der Waals surface area contributed by atoms with Gasteiger partial charge in [0.25, 0.3) is 0 Å². The topological polar surface area (TPSA) is 78.2 Å². The molecule has 7 nitrogen and oxygen atoms in total. The molecule has 30 heavy (non-hydrogen) atoms. The number of aryl methyl sites for hydroxylation is 3. The molecule has 2 aromatic rings. The SMILES string of the molecule is COc1ccc(CCCC(=O)NC2CCc3nn(CCC(C)C)c(=O)n3CC2)cc1. The van der Waals surface area contributed by atoms with Crippen LogP contribution in [-0.4, -0.2) is 33.4 Å². The van der Waals surface area contributed by atoms with Crippen molar-refractivity contribution in [2.45, 2.75) is 77.9 Å². The zero-order valence-electron chi connectivity index (χ0n) is 18.4. The number of methoxy groups -OCH3 is 1. The number of hydrogen-bond donors (Lipinski definition) is 1. The molecule has 1 atom stereocenters. The van der Waals surface area contributed by atoms with Gasteiger partial charge < -0.3 is 10.1 Å².